The third-order valence-electron chi connectivity index (χ3n) is 3.04. The molecule has 114 valence electrons. The van der Waals surface area contributed by atoms with E-state index in [-0.39, 0.29) is 5.91 Å². The summed E-state index contributed by atoms with van der Waals surface area (Å²) in [5, 5.41) is 5.16. The van der Waals surface area contributed by atoms with Crippen LogP contribution in [-0.2, 0) is 20.8 Å². The van der Waals surface area contributed by atoms with Gasteiger partial charge in [0.25, 0.3) is 0 Å². The van der Waals surface area contributed by atoms with E-state index in [1.165, 1.54) is 6.92 Å². The molecule has 0 aliphatic heterocycles. The molecule has 4 N–H and O–H groups in total. The van der Waals surface area contributed by atoms with E-state index < -0.39 is 23.9 Å². The SMILES string of the molecule is CC[C@@H](NC(=O)[C@H](Cc1ccccc1)NC(C)=O)C(N)=O. The molecular weight excluding hydrogens is 270 g/mol. The topological polar surface area (TPSA) is 101 Å². The molecule has 1 rings (SSSR count). The van der Waals surface area contributed by atoms with Crippen LogP contribution in [0.15, 0.2) is 30.3 Å². The summed E-state index contributed by atoms with van der Waals surface area (Å²) >= 11 is 0. The van der Waals surface area contributed by atoms with E-state index in [9.17, 15) is 14.4 Å². The van der Waals surface area contributed by atoms with Crippen LogP contribution in [0.4, 0.5) is 0 Å². The maximum Gasteiger partial charge on any atom is 0.243 e. The zero-order valence-electron chi connectivity index (χ0n) is 12.3. The van der Waals surface area contributed by atoms with Crippen LogP contribution in [0.3, 0.4) is 0 Å². The van der Waals surface area contributed by atoms with E-state index in [1.807, 2.05) is 30.3 Å². The fraction of sp³-hybridized carbons (Fsp3) is 0.400. The first-order valence-electron chi connectivity index (χ1n) is 6.84. The highest BCUT2D eigenvalue weighted by Gasteiger charge is 2.24. The summed E-state index contributed by atoms with van der Waals surface area (Å²) in [5.41, 5.74) is 6.12. The fourth-order valence-corrected chi connectivity index (χ4v) is 1.95. The van der Waals surface area contributed by atoms with Crippen molar-refractivity contribution in [2.24, 2.45) is 5.73 Å². The van der Waals surface area contributed by atoms with E-state index in [0.29, 0.717) is 12.8 Å². The average Bonchev–Trinajstić information content (AvgIpc) is 2.44. The van der Waals surface area contributed by atoms with E-state index in [0.717, 1.165) is 5.56 Å². The summed E-state index contributed by atoms with van der Waals surface area (Å²) in [6, 6.07) is 7.85. The first-order valence-corrected chi connectivity index (χ1v) is 6.84. The highest BCUT2D eigenvalue weighted by molar-refractivity contribution is 5.91. The second-order valence-corrected chi connectivity index (χ2v) is 4.81. The van der Waals surface area contributed by atoms with Gasteiger partial charge in [-0.05, 0) is 12.0 Å². The van der Waals surface area contributed by atoms with Crippen LogP contribution in [0.1, 0.15) is 25.8 Å². The Balaban J connectivity index is 2.79. The summed E-state index contributed by atoms with van der Waals surface area (Å²) in [4.78, 5) is 34.7. The van der Waals surface area contributed by atoms with Crippen molar-refractivity contribution in [2.45, 2.75) is 38.8 Å². The van der Waals surface area contributed by atoms with Gasteiger partial charge in [0.05, 0.1) is 0 Å². The van der Waals surface area contributed by atoms with Crippen molar-refractivity contribution < 1.29 is 14.4 Å². The molecule has 1 aromatic carbocycles. The number of benzene rings is 1. The molecule has 0 aromatic heterocycles. The Morgan fingerprint density at radius 3 is 2.19 bits per heavy atom. The van der Waals surface area contributed by atoms with Crippen molar-refractivity contribution in [3.8, 4) is 0 Å². The number of nitrogens with one attached hydrogen (secondary N) is 2. The third kappa shape index (κ3) is 5.64. The number of amides is 3. The van der Waals surface area contributed by atoms with E-state index in [1.54, 1.807) is 6.92 Å². The van der Waals surface area contributed by atoms with Crippen LogP contribution in [0.25, 0.3) is 0 Å². The van der Waals surface area contributed by atoms with Gasteiger partial charge in [0.1, 0.15) is 12.1 Å². The minimum Gasteiger partial charge on any atom is -0.368 e. The monoisotopic (exact) mass is 291 g/mol. The molecule has 0 radical (unpaired) electrons. The number of hydrogen-bond acceptors (Lipinski definition) is 3. The maximum absolute atomic E-state index is 12.2. The lowest BCUT2D eigenvalue weighted by Crippen LogP contribution is -2.53. The molecule has 0 aliphatic carbocycles. The molecule has 0 aliphatic rings. The van der Waals surface area contributed by atoms with Crippen LogP contribution >= 0.6 is 0 Å². The Kier molecular flexibility index (Phi) is 6.39. The summed E-state index contributed by atoms with van der Waals surface area (Å²) in [6.45, 7) is 3.09. The van der Waals surface area contributed by atoms with Gasteiger partial charge in [-0.15, -0.1) is 0 Å². The van der Waals surface area contributed by atoms with Crippen LogP contribution < -0.4 is 16.4 Å². The second kappa shape index (κ2) is 8.04. The predicted octanol–water partition coefficient (Wildman–Crippen LogP) is 0.114. The van der Waals surface area contributed by atoms with Crippen LogP contribution in [0, 0.1) is 0 Å². The van der Waals surface area contributed by atoms with Crippen LogP contribution in [0.5, 0.6) is 0 Å². The average molecular weight is 291 g/mol. The molecule has 0 unspecified atom stereocenters. The molecular formula is C15H21N3O3. The Morgan fingerprint density at radius 1 is 1.10 bits per heavy atom. The number of nitrogens with two attached hydrogens (primary N) is 1. The highest BCUT2D eigenvalue weighted by atomic mass is 16.2. The van der Waals surface area contributed by atoms with Crippen LogP contribution in [0.2, 0.25) is 0 Å². The van der Waals surface area contributed by atoms with E-state index in [2.05, 4.69) is 10.6 Å². The zero-order chi connectivity index (χ0) is 15.8. The van der Waals surface area contributed by atoms with Crippen molar-refractivity contribution in [3.63, 3.8) is 0 Å². The quantitative estimate of drug-likeness (QED) is 0.664. The molecule has 0 spiro atoms. The van der Waals surface area contributed by atoms with E-state index >= 15 is 0 Å². The normalized spacial score (nSPS) is 13.0. The van der Waals surface area contributed by atoms with Crippen molar-refractivity contribution in [1.82, 2.24) is 10.6 Å². The third-order valence-corrected chi connectivity index (χ3v) is 3.04. The molecule has 0 saturated carbocycles. The Morgan fingerprint density at radius 2 is 1.71 bits per heavy atom. The Bertz CT molecular complexity index is 502. The largest absolute Gasteiger partial charge is 0.368 e. The minimum atomic E-state index is -0.738. The lowest BCUT2D eigenvalue weighted by molar-refractivity contribution is -0.130. The number of hydrogen-bond donors (Lipinski definition) is 3. The van der Waals surface area contributed by atoms with Gasteiger partial charge in [-0.1, -0.05) is 37.3 Å². The number of rotatable bonds is 7. The number of carbonyl (C=O) groups is 3. The second-order valence-electron chi connectivity index (χ2n) is 4.81. The molecule has 2 atom stereocenters. The first-order chi connectivity index (χ1) is 9.93. The van der Waals surface area contributed by atoms with Gasteiger partial charge < -0.3 is 16.4 Å². The molecule has 0 fully saturated rings. The van der Waals surface area contributed by atoms with Crippen LogP contribution in [-0.4, -0.2) is 29.8 Å². The summed E-state index contributed by atoms with van der Waals surface area (Å²) in [7, 11) is 0. The molecule has 21 heavy (non-hydrogen) atoms. The zero-order valence-corrected chi connectivity index (χ0v) is 12.3. The molecule has 0 heterocycles. The van der Waals surface area contributed by atoms with Crippen molar-refractivity contribution in [2.75, 3.05) is 0 Å². The van der Waals surface area contributed by atoms with Crippen molar-refractivity contribution in [3.05, 3.63) is 35.9 Å². The van der Waals surface area contributed by atoms with Gasteiger partial charge in [-0.2, -0.15) is 0 Å². The van der Waals surface area contributed by atoms with Crippen molar-refractivity contribution in [1.29, 1.82) is 0 Å². The Labute approximate surface area is 124 Å². The number of carbonyl (C=O) groups excluding carboxylic acids is 3. The van der Waals surface area contributed by atoms with Gasteiger partial charge in [0.2, 0.25) is 17.7 Å². The molecule has 6 nitrogen and oxygen atoms in total. The lowest BCUT2D eigenvalue weighted by atomic mass is 10.0. The highest BCUT2D eigenvalue weighted by Crippen LogP contribution is 2.04. The number of primary amides is 1. The predicted molar refractivity (Wildman–Crippen MR) is 79.2 cm³/mol. The molecule has 1 aromatic rings. The molecule has 0 saturated heterocycles. The standard InChI is InChI=1S/C15H21N3O3/c1-3-12(14(16)20)18-15(21)13(17-10(2)19)9-11-7-5-4-6-8-11/h4-8,12-13H,3,9H2,1-2H3,(H2,16,20)(H,17,19)(H,18,21)/t12-,13+/m1/s1. The van der Waals surface area contributed by atoms with Gasteiger partial charge in [0, 0.05) is 13.3 Å². The smallest absolute Gasteiger partial charge is 0.243 e. The summed E-state index contributed by atoms with van der Waals surface area (Å²) in [5.74, 6) is -1.31. The summed E-state index contributed by atoms with van der Waals surface area (Å²) in [6.07, 6.45) is 0.751. The lowest BCUT2D eigenvalue weighted by Gasteiger charge is -2.20. The first kappa shape index (κ1) is 16.7. The Hall–Kier alpha value is -2.37. The molecule has 0 bridgehead atoms. The molecule has 6 heteroatoms. The summed E-state index contributed by atoms with van der Waals surface area (Å²) < 4.78 is 0. The van der Waals surface area contributed by atoms with E-state index in [4.69, 9.17) is 5.73 Å². The van der Waals surface area contributed by atoms with Gasteiger partial charge in [-0.25, -0.2) is 0 Å². The van der Waals surface area contributed by atoms with Crippen molar-refractivity contribution >= 4 is 17.7 Å². The maximum atomic E-state index is 12.2. The van der Waals surface area contributed by atoms with Gasteiger partial charge in [0.15, 0.2) is 0 Å². The molecule has 3 amide bonds. The fourth-order valence-electron chi connectivity index (χ4n) is 1.95. The van der Waals surface area contributed by atoms with Gasteiger partial charge in [-0.3, -0.25) is 14.4 Å². The van der Waals surface area contributed by atoms with Gasteiger partial charge >= 0.3 is 0 Å². The minimum absolute atomic E-state index is 0.307.